The van der Waals surface area contributed by atoms with Gasteiger partial charge in [-0.2, -0.15) is 0 Å². The molecule has 3 aromatic rings. The van der Waals surface area contributed by atoms with Crippen molar-refractivity contribution in [2.24, 2.45) is 0 Å². The van der Waals surface area contributed by atoms with Gasteiger partial charge in [0.25, 0.3) is 0 Å². The number of anilines is 1. The molecule has 0 unspecified atom stereocenters. The molecule has 1 N–H and O–H groups in total. The van der Waals surface area contributed by atoms with Gasteiger partial charge in [0.15, 0.2) is 5.13 Å². The number of aromatic nitrogens is 1. The molecule has 0 spiro atoms. The standard InChI is InChI=1S/C19H20N2O2S/c1-3-4-5-14-7-10-16-17(12-14)24-19(20-16)21-18(22)11-9-15-8-6-13(2)23-15/h6-12H,3-5H2,1-2H3,(H,20,21,22). The first kappa shape index (κ1) is 16.5. The van der Waals surface area contributed by atoms with E-state index in [4.69, 9.17) is 4.42 Å². The topological polar surface area (TPSA) is 55.1 Å². The van der Waals surface area contributed by atoms with E-state index in [1.54, 1.807) is 6.08 Å². The Balaban J connectivity index is 1.68. The Hall–Kier alpha value is -2.40. The molecule has 1 amide bonds. The fourth-order valence-electron chi connectivity index (χ4n) is 2.41. The zero-order valence-corrected chi connectivity index (χ0v) is 14.7. The average Bonchev–Trinajstić information content (AvgIpc) is 3.15. The van der Waals surface area contributed by atoms with E-state index >= 15 is 0 Å². The summed E-state index contributed by atoms with van der Waals surface area (Å²) in [6.07, 6.45) is 6.56. The third-order valence-corrected chi connectivity index (χ3v) is 4.60. The summed E-state index contributed by atoms with van der Waals surface area (Å²) in [5.41, 5.74) is 2.24. The van der Waals surface area contributed by atoms with Crippen molar-refractivity contribution in [1.82, 2.24) is 4.98 Å². The van der Waals surface area contributed by atoms with Gasteiger partial charge >= 0.3 is 0 Å². The minimum absolute atomic E-state index is 0.214. The maximum absolute atomic E-state index is 12.0. The van der Waals surface area contributed by atoms with Gasteiger partial charge in [0, 0.05) is 6.08 Å². The maximum Gasteiger partial charge on any atom is 0.250 e. The van der Waals surface area contributed by atoms with Gasteiger partial charge in [-0.25, -0.2) is 4.98 Å². The number of nitrogens with zero attached hydrogens (tertiary/aromatic N) is 1. The van der Waals surface area contributed by atoms with Crippen molar-refractivity contribution in [3.63, 3.8) is 0 Å². The van der Waals surface area contributed by atoms with E-state index in [0.717, 1.165) is 22.4 Å². The van der Waals surface area contributed by atoms with Gasteiger partial charge in [0.2, 0.25) is 5.91 Å². The predicted molar refractivity (Wildman–Crippen MR) is 99.3 cm³/mol. The van der Waals surface area contributed by atoms with Gasteiger partial charge in [-0.3, -0.25) is 10.1 Å². The molecule has 0 aliphatic rings. The van der Waals surface area contributed by atoms with E-state index in [1.165, 1.54) is 35.8 Å². The summed E-state index contributed by atoms with van der Waals surface area (Å²) in [6.45, 7) is 4.06. The number of fused-ring (bicyclic) bond motifs is 1. The molecule has 0 fully saturated rings. The predicted octanol–water partition coefficient (Wildman–Crippen LogP) is 5.19. The van der Waals surface area contributed by atoms with Gasteiger partial charge in [0.05, 0.1) is 10.2 Å². The smallest absolute Gasteiger partial charge is 0.250 e. The molecule has 2 aromatic heterocycles. The van der Waals surface area contributed by atoms with E-state index in [9.17, 15) is 4.79 Å². The van der Waals surface area contributed by atoms with Crippen LogP contribution in [-0.4, -0.2) is 10.9 Å². The Morgan fingerprint density at radius 1 is 1.33 bits per heavy atom. The van der Waals surface area contributed by atoms with Gasteiger partial charge < -0.3 is 4.42 Å². The van der Waals surface area contributed by atoms with E-state index < -0.39 is 0 Å². The van der Waals surface area contributed by atoms with Crippen molar-refractivity contribution in [3.8, 4) is 0 Å². The molecule has 0 aliphatic carbocycles. The lowest BCUT2D eigenvalue weighted by Crippen LogP contribution is -2.07. The average molecular weight is 340 g/mol. The highest BCUT2D eigenvalue weighted by molar-refractivity contribution is 7.22. The van der Waals surface area contributed by atoms with Crippen LogP contribution < -0.4 is 5.32 Å². The Morgan fingerprint density at radius 3 is 2.96 bits per heavy atom. The minimum atomic E-state index is -0.214. The Labute approximate surface area is 145 Å². The molecule has 24 heavy (non-hydrogen) atoms. The number of hydrogen-bond acceptors (Lipinski definition) is 4. The van der Waals surface area contributed by atoms with Crippen LogP contribution in [0.3, 0.4) is 0 Å². The molecule has 0 bridgehead atoms. The SMILES string of the molecule is CCCCc1ccc2nc(NC(=O)C=Cc3ccc(C)o3)sc2c1. The molecule has 1 aromatic carbocycles. The summed E-state index contributed by atoms with van der Waals surface area (Å²) in [7, 11) is 0. The first-order chi connectivity index (χ1) is 11.6. The number of amides is 1. The molecule has 2 heterocycles. The summed E-state index contributed by atoms with van der Waals surface area (Å²) in [5.74, 6) is 1.27. The zero-order valence-electron chi connectivity index (χ0n) is 13.8. The summed E-state index contributed by atoms with van der Waals surface area (Å²) in [5, 5.41) is 3.42. The Bertz CT molecular complexity index is 877. The maximum atomic E-state index is 12.0. The van der Waals surface area contributed by atoms with Crippen LogP contribution in [0.2, 0.25) is 0 Å². The minimum Gasteiger partial charge on any atom is -0.462 e. The molecule has 0 aliphatic heterocycles. The van der Waals surface area contributed by atoms with Crippen LogP contribution in [0.5, 0.6) is 0 Å². The monoisotopic (exact) mass is 340 g/mol. The zero-order chi connectivity index (χ0) is 16.9. The summed E-state index contributed by atoms with van der Waals surface area (Å²) in [6, 6.07) is 9.99. The van der Waals surface area contributed by atoms with Crippen molar-refractivity contribution >= 4 is 38.7 Å². The second-order valence-corrected chi connectivity index (χ2v) is 6.73. The highest BCUT2D eigenvalue weighted by Gasteiger charge is 2.07. The molecule has 124 valence electrons. The van der Waals surface area contributed by atoms with E-state index in [1.807, 2.05) is 25.1 Å². The molecule has 5 heteroatoms. The van der Waals surface area contributed by atoms with E-state index in [0.29, 0.717) is 10.9 Å². The van der Waals surface area contributed by atoms with Crippen molar-refractivity contribution in [1.29, 1.82) is 0 Å². The van der Waals surface area contributed by atoms with Crippen LogP contribution in [0.4, 0.5) is 5.13 Å². The van der Waals surface area contributed by atoms with Crippen LogP contribution in [-0.2, 0) is 11.2 Å². The van der Waals surface area contributed by atoms with Gasteiger partial charge in [0.1, 0.15) is 11.5 Å². The largest absolute Gasteiger partial charge is 0.462 e. The molecule has 0 radical (unpaired) electrons. The first-order valence-corrected chi connectivity index (χ1v) is 8.90. The second-order valence-electron chi connectivity index (χ2n) is 5.70. The Morgan fingerprint density at radius 2 is 2.21 bits per heavy atom. The lowest BCUT2D eigenvalue weighted by molar-refractivity contribution is -0.111. The number of aryl methyl sites for hydroxylation is 2. The Kier molecular flexibility index (Phi) is 5.11. The lowest BCUT2D eigenvalue weighted by Gasteiger charge is -1.98. The number of thiazole rings is 1. The molecular formula is C19H20N2O2S. The highest BCUT2D eigenvalue weighted by Crippen LogP contribution is 2.27. The summed E-state index contributed by atoms with van der Waals surface area (Å²) < 4.78 is 6.50. The number of nitrogens with one attached hydrogen (secondary N) is 1. The second kappa shape index (κ2) is 7.45. The molecule has 0 saturated heterocycles. The number of hydrogen-bond donors (Lipinski definition) is 1. The van der Waals surface area contributed by atoms with Crippen molar-refractivity contribution < 1.29 is 9.21 Å². The summed E-state index contributed by atoms with van der Waals surface area (Å²) in [4.78, 5) is 16.5. The number of carbonyl (C=O) groups is 1. The normalized spacial score (nSPS) is 11.4. The third kappa shape index (κ3) is 4.11. The first-order valence-electron chi connectivity index (χ1n) is 8.09. The van der Waals surface area contributed by atoms with Gasteiger partial charge in [-0.1, -0.05) is 30.7 Å². The van der Waals surface area contributed by atoms with Crippen molar-refractivity contribution in [2.45, 2.75) is 33.1 Å². The number of unbranched alkanes of at least 4 members (excludes halogenated alkanes) is 1. The van der Waals surface area contributed by atoms with E-state index in [-0.39, 0.29) is 5.91 Å². The lowest BCUT2D eigenvalue weighted by atomic mass is 10.1. The third-order valence-electron chi connectivity index (χ3n) is 3.66. The fourth-order valence-corrected chi connectivity index (χ4v) is 3.34. The quantitative estimate of drug-likeness (QED) is 0.628. The molecule has 3 rings (SSSR count). The van der Waals surface area contributed by atoms with Crippen LogP contribution in [0.15, 0.2) is 40.8 Å². The number of carbonyl (C=O) groups excluding carboxylic acids is 1. The summed E-state index contributed by atoms with van der Waals surface area (Å²) >= 11 is 1.50. The highest BCUT2D eigenvalue weighted by atomic mass is 32.1. The van der Waals surface area contributed by atoms with Gasteiger partial charge in [-0.15, -0.1) is 0 Å². The number of rotatable bonds is 6. The van der Waals surface area contributed by atoms with Crippen LogP contribution in [0.25, 0.3) is 16.3 Å². The number of benzene rings is 1. The van der Waals surface area contributed by atoms with Crippen molar-refractivity contribution in [3.05, 3.63) is 53.5 Å². The van der Waals surface area contributed by atoms with Crippen LogP contribution in [0, 0.1) is 6.92 Å². The van der Waals surface area contributed by atoms with Gasteiger partial charge in [-0.05, 0) is 55.7 Å². The molecular weight excluding hydrogens is 320 g/mol. The van der Waals surface area contributed by atoms with Crippen LogP contribution >= 0.6 is 11.3 Å². The molecule has 0 saturated carbocycles. The van der Waals surface area contributed by atoms with E-state index in [2.05, 4.69) is 29.4 Å². The molecule has 4 nitrogen and oxygen atoms in total. The van der Waals surface area contributed by atoms with Crippen LogP contribution in [0.1, 0.15) is 36.8 Å². The fraction of sp³-hybridized carbons (Fsp3) is 0.263. The number of furan rings is 1. The molecule has 0 atom stereocenters. The van der Waals surface area contributed by atoms with Crippen molar-refractivity contribution in [2.75, 3.05) is 5.32 Å².